The summed E-state index contributed by atoms with van der Waals surface area (Å²) in [5.74, 6) is 3.44. The number of carbonyl (C=O) groups excluding carboxylic acids is 2. The monoisotopic (exact) mass is 800 g/mol. The Morgan fingerprint density at radius 3 is 1.51 bits per heavy atom. The van der Waals surface area contributed by atoms with Gasteiger partial charge in [0.15, 0.2) is 16.6 Å². The van der Waals surface area contributed by atoms with Crippen LogP contribution in [0.5, 0.6) is 11.5 Å². The summed E-state index contributed by atoms with van der Waals surface area (Å²) in [6.45, 7) is 25.7. The molecule has 4 atom stereocenters. The third-order valence-electron chi connectivity index (χ3n) is 10.9. The van der Waals surface area contributed by atoms with Gasteiger partial charge in [0, 0.05) is 32.5 Å². The maximum absolute atomic E-state index is 11.9. The van der Waals surface area contributed by atoms with Crippen LogP contribution in [0.4, 0.5) is 0 Å². The number of aliphatic hydroxyl groups is 1. The molecule has 0 amide bonds. The van der Waals surface area contributed by atoms with Crippen LogP contribution >= 0.6 is 0 Å². The molecule has 0 saturated carbocycles. The van der Waals surface area contributed by atoms with Gasteiger partial charge in [-0.3, -0.25) is 4.79 Å². The van der Waals surface area contributed by atoms with Crippen molar-refractivity contribution in [3.63, 3.8) is 0 Å². The van der Waals surface area contributed by atoms with Crippen LogP contribution in [0.1, 0.15) is 91.7 Å². The Bertz CT molecular complexity index is 1420. The van der Waals surface area contributed by atoms with E-state index >= 15 is 0 Å². The van der Waals surface area contributed by atoms with E-state index in [0.717, 1.165) is 35.3 Å². The molecule has 0 aromatic heterocycles. The minimum Gasteiger partial charge on any atom is -0.497 e. The zero-order valence-corrected chi connectivity index (χ0v) is 38.2. The summed E-state index contributed by atoms with van der Waals surface area (Å²) < 4.78 is 34.9. The highest BCUT2D eigenvalue weighted by Crippen LogP contribution is 2.37. The summed E-state index contributed by atoms with van der Waals surface area (Å²) >= 11 is 0. The molecule has 1 N–H and O–H groups in total. The van der Waals surface area contributed by atoms with Gasteiger partial charge in [-0.25, -0.2) is 0 Å². The number of benzene rings is 2. The van der Waals surface area contributed by atoms with Gasteiger partial charge < -0.3 is 37.7 Å². The average molecular weight is 801 g/mol. The predicted molar refractivity (Wildman–Crippen MR) is 228 cm³/mol. The second kappa shape index (κ2) is 24.1. The van der Waals surface area contributed by atoms with Crippen LogP contribution in [0.2, 0.25) is 36.3 Å². The zero-order chi connectivity index (χ0) is 41.9. The van der Waals surface area contributed by atoms with Gasteiger partial charge in [-0.1, -0.05) is 65.8 Å². The number of hydrogen-bond donors (Lipinski definition) is 1. The summed E-state index contributed by atoms with van der Waals surface area (Å²) in [6.07, 6.45) is 7.46. The van der Waals surface area contributed by atoms with Crippen LogP contribution in [0.25, 0.3) is 0 Å². The van der Waals surface area contributed by atoms with Crippen molar-refractivity contribution in [1.29, 1.82) is 0 Å². The number of rotatable bonds is 23. The Balaban J connectivity index is 0.000000568. The van der Waals surface area contributed by atoms with E-state index in [-0.39, 0.29) is 34.5 Å². The van der Waals surface area contributed by atoms with Crippen molar-refractivity contribution in [2.75, 3.05) is 27.4 Å². The second-order valence-corrected chi connectivity index (χ2v) is 26.8. The second-order valence-electron chi connectivity index (χ2n) is 17.2. The smallest absolute Gasteiger partial charge is 0.191 e. The molecule has 2 aromatic carbocycles. The predicted octanol–water partition coefficient (Wildman–Crippen LogP) is 9.55. The molecule has 0 aliphatic rings. The number of carbonyl (C=O) groups is 2. The molecule has 55 heavy (non-hydrogen) atoms. The molecule has 11 heteroatoms. The molecule has 2 aromatic rings. The highest BCUT2D eigenvalue weighted by Gasteiger charge is 2.38. The van der Waals surface area contributed by atoms with Gasteiger partial charge in [0.25, 0.3) is 0 Å². The lowest BCUT2D eigenvalue weighted by Crippen LogP contribution is -2.41. The topological polar surface area (TPSA) is 110 Å². The summed E-state index contributed by atoms with van der Waals surface area (Å²) in [6, 6.07) is 15.5. The van der Waals surface area contributed by atoms with E-state index in [9.17, 15) is 14.7 Å². The van der Waals surface area contributed by atoms with E-state index in [1.54, 1.807) is 14.2 Å². The molecule has 9 nitrogen and oxygen atoms in total. The van der Waals surface area contributed by atoms with Crippen LogP contribution in [0, 0.1) is 18.3 Å². The summed E-state index contributed by atoms with van der Waals surface area (Å²) in [5.41, 5.74) is 2.08. The quantitative estimate of drug-likeness (QED) is 0.0668. The van der Waals surface area contributed by atoms with Crippen molar-refractivity contribution in [2.45, 2.75) is 148 Å². The lowest BCUT2D eigenvalue weighted by Gasteiger charge is -2.36. The Labute approximate surface area is 335 Å². The van der Waals surface area contributed by atoms with Crippen molar-refractivity contribution in [3.05, 3.63) is 59.7 Å². The van der Waals surface area contributed by atoms with Crippen LogP contribution in [-0.2, 0) is 41.1 Å². The molecule has 0 saturated heterocycles. The molecule has 0 bridgehead atoms. The Morgan fingerprint density at radius 1 is 0.764 bits per heavy atom. The molecule has 0 radical (unpaired) electrons. The normalized spacial score (nSPS) is 14.4. The first-order chi connectivity index (χ1) is 25.6. The number of aliphatic hydroxyl groups excluding tert-OH is 1. The van der Waals surface area contributed by atoms with E-state index in [4.69, 9.17) is 34.2 Å². The van der Waals surface area contributed by atoms with Gasteiger partial charge >= 0.3 is 0 Å². The van der Waals surface area contributed by atoms with Gasteiger partial charge in [0.05, 0.1) is 51.7 Å². The lowest BCUT2D eigenvalue weighted by atomic mass is 9.90. The number of ketones is 1. The molecule has 0 spiro atoms. The average Bonchev–Trinajstić information content (AvgIpc) is 3.11. The minimum absolute atomic E-state index is 0.100. The first-order valence-corrected chi connectivity index (χ1v) is 25.2. The van der Waals surface area contributed by atoms with Crippen LogP contribution in [-0.4, -0.2) is 79.6 Å². The first kappa shape index (κ1) is 50.2. The van der Waals surface area contributed by atoms with Crippen molar-refractivity contribution in [3.8, 4) is 23.8 Å². The molecular weight excluding hydrogens is 729 g/mol. The van der Waals surface area contributed by atoms with Crippen molar-refractivity contribution in [1.82, 2.24) is 0 Å². The Kier molecular flexibility index (Phi) is 22.0. The Hall–Kier alpha value is -2.83. The molecule has 310 valence electrons. The van der Waals surface area contributed by atoms with Gasteiger partial charge in [0.1, 0.15) is 23.6 Å². The van der Waals surface area contributed by atoms with E-state index in [0.29, 0.717) is 45.7 Å². The number of hydrogen-bond acceptors (Lipinski definition) is 9. The van der Waals surface area contributed by atoms with Gasteiger partial charge in [-0.05, 0) is 91.4 Å². The molecule has 0 fully saturated rings. The van der Waals surface area contributed by atoms with Gasteiger partial charge in [-0.15, -0.1) is 12.3 Å². The highest BCUT2D eigenvalue weighted by molar-refractivity contribution is 6.74. The van der Waals surface area contributed by atoms with Gasteiger partial charge in [-0.2, -0.15) is 0 Å². The van der Waals surface area contributed by atoms with E-state index in [1.807, 2.05) is 48.5 Å². The summed E-state index contributed by atoms with van der Waals surface area (Å²) in [7, 11) is -0.345. The molecule has 2 rings (SSSR count). The fraction of sp³-hybridized carbons (Fsp3) is 0.636. The molecule has 0 aliphatic carbocycles. The minimum atomic E-state index is -1.87. The van der Waals surface area contributed by atoms with Crippen LogP contribution in [0.15, 0.2) is 48.5 Å². The van der Waals surface area contributed by atoms with Crippen molar-refractivity contribution >= 4 is 28.7 Å². The number of methoxy groups -OCH3 is 2. The molecule has 0 heterocycles. The van der Waals surface area contributed by atoms with Gasteiger partial charge in [0.2, 0.25) is 0 Å². The van der Waals surface area contributed by atoms with Crippen molar-refractivity contribution in [2.24, 2.45) is 5.92 Å². The highest BCUT2D eigenvalue weighted by atomic mass is 28.4. The van der Waals surface area contributed by atoms with E-state index in [1.165, 1.54) is 6.92 Å². The zero-order valence-electron chi connectivity index (χ0n) is 36.2. The summed E-state index contributed by atoms with van der Waals surface area (Å²) in [4.78, 5) is 22.8. The molecule has 1 unspecified atom stereocenters. The third kappa shape index (κ3) is 18.8. The maximum atomic E-state index is 11.9. The number of aldehydes is 1. The fourth-order valence-electron chi connectivity index (χ4n) is 4.95. The number of ether oxygens (including phenoxy) is 4. The number of Topliss-reactive ketones (excluding diaryl/α,β-unsaturated/α-hetero) is 1. The molecule has 0 aliphatic heterocycles. The maximum Gasteiger partial charge on any atom is 0.191 e. The number of terminal acetylenes is 1. The first-order valence-electron chi connectivity index (χ1n) is 19.4. The Morgan fingerprint density at radius 2 is 1.16 bits per heavy atom. The molecular formula is C44H72O9Si2. The largest absolute Gasteiger partial charge is 0.497 e. The van der Waals surface area contributed by atoms with E-state index in [2.05, 4.69) is 73.7 Å². The summed E-state index contributed by atoms with van der Waals surface area (Å²) in [5, 5.41) is 11.0. The van der Waals surface area contributed by atoms with Crippen LogP contribution < -0.4 is 9.47 Å². The lowest BCUT2D eigenvalue weighted by molar-refractivity contribution is -0.125. The SMILES string of the molecule is C#CC[C@@H](C(C)=O)C(O)C[C@@H](CCO[Si](C)(C)C(C)(C)C)OCc1ccc(OC)cc1.COc1ccc(CO[C@@H](CC=O)CCO[Si](C)(C)C(C)(C)C)cc1. The van der Waals surface area contributed by atoms with E-state index < -0.39 is 28.7 Å². The standard InChI is InChI=1S/C25H40O5Si.C19H32O4Si/c1-9-10-23(19(2)26)24(27)17-22(15-16-30-31(7,8)25(3,4)5)29-18-20-11-13-21(28-6)14-12-20;1-19(2,3)24(5,6)23-14-12-18(11-13-20)22-15-16-7-9-17(21-4)10-8-16/h1,11-14,22-24,27H,10,15-18H2,2-8H3;7-10,13,18H,11-12,14-15H2,1-6H3/t22-,23+,24?;18-/m10/s1. The fourth-order valence-corrected chi connectivity index (χ4v) is 7.08. The third-order valence-corrected chi connectivity index (χ3v) is 20.0. The van der Waals surface area contributed by atoms with Crippen molar-refractivity contribution < 1.29 is 42.5 Å². The van der Waals surface area contributed by atoms with Crippen LogP contribution in [0.3, 0.4) is 0 Å².